The molecule has 140 valence electrons. The van der Waals surface area contributed by atoms with E-state index in [4.69, 9.17) is 8.92 Å². The topological polar surface area (TPSA) is 69.7 Å². The minimum Gasteiger partial charge on any atom is -0.462 e. The summed E-state index contributed by atoms with van der Waals surface area (Å²) < 4.78 is 35.6. The Balaban J connectivity index is 2.17. The summed E-state index contributed by atoms with van der Waals surface area (Å²) >= 11 is 0. The number of hydrogen-bond acceptors (Lipinski definition) is 5. The monoisotopic (exact) mass is 376 g/mol. The second-order valence-corrected chi connectivity index (χ2v) is 7.76. The number of aryl methyl sites for hydroxylation is 3. The molecular weight excluding hydrogens is 352 g/mol. The quantitative estimate of drug-likeness (QED) is 0.408. The van der Waals surface area contributed by atoms with Gasteiger partial charge in [0.2, 0.25) is 0 Å². The minimum atomic E-state index is -3.96. The van der Waals surface area contributed by atoms with E-state index in [2.05, 4.69) is 0 Å². The molecule has 0 bridgehead atoms. The molecule has 0 radical (unpaired) electrons. The summed E-state index contributed by atoms with van der Waals surface area (Å²) in [5, 5.41) is 0. The van der Waals surface area contributed by atoms with Crippen molar-refractivity contribution < 1.29 is 22.1 Å². The number of hydrogen-bond donors (Lipinski definition) is 0. The molecule has 0 unspecified atom stereocenters. The van der Waals surface area contributed by atoms with Gasteiger partial charge in [-0.05, 0) is 62.6 Å². The fourth-order valence-electron chi connectivity index (χ4n) is 2.77. The van der Waals surface area contributed by atoms with Crippen LogP contribution in [0.3, 0.4) is 0 Å². The van der Waals surface area contributed by atoms with Gasteiger partial charge in [0, 0.05) is 0 Å². The average molecular weight is 376 g/mol. The van der Waals surface area contributed by atoms with E-state index in [9.17, 15) is 13.2 Å². The Hall–Kier alpha value is -2.34. The zero-order valence-electron chi connectivity index (χ0n) is 15.5. The predicted molar refractivity (Wildman–Crippen MR) is 100 cm³/mol. The Labute approximate surface area is 155 Å². The van der Waals surface area contributed by atoms with Crippen molar-refractivity contribution in [3.63, 3.8) is 0 Å². The first-order valence-electron chi connectivity index (χ1n) is 8.54. The van der Waals surface area contributed by atoms with E-state index in [1.54, 1.807) is 26.0 Å². The van der Waals surface area contributed by atoms with Crippen LogP contribution in [-0.2, 0) is 14.9 Å². The Morgan fingerprint density at radius 3 is 2.12 bits per heavy atom. The Morgan fingerprint density at radius 1 is 1.00 bits per heavy atom. The molecule has 0 amide bonds. The third-order valence-electron chi connectivity index (χ3n) is 3.88. The van der Waals surface area contributed by atoms with Crippen LogP contribution in [0.4, 0.5) is 0 Å². The van der Waals surface area contributed by atoms with Crippen LogP contribution in [0.5, 0.6) is 5.75 Å². The summed E-state index contributed by atoms with van der Waals surface area (Å²) in [6.45, 7) is 7.78. The molecule has 0 saturated heterocycles. The highest BCUT2D eigenvalue weighted by Crippen LogP contribution is 2.25. The molecule has 0 N–H and O–H groups in total. The first kappa shape index (κ1) is 20.0. The third-order valence-corrected chi connectivity index (χ3v) is 5.44. The van der Waals surface area contributed by atoms with Crippen LogP contribution in [-0.4, -0.2) is 21.0 Å². The van der Waals surface area contributed by atoms with Crippen LogP contribution < -0.4 is 4.18 Å². The number of benzene rings is 2. The predicted octanol–water partition coefficient (Wildman–Crippen LogP) is 4.34. The number of carbonyl (C=O) groups is 1. The van der Waals surface area contributed by atoms with Gasteiger partial charge in [0.1, 0.15) is 10.6 Å². The molecular formula is C20H24O5S. The van der Waals surface area contributed by atoms with Gasteiger partial charge in [0.25, 0.3) is 0 Å². The molecule has 0 aliphatic carbocycles. The van der Waals surface area contributed by atoms with Crippen LogP contribution in [0.15, 0.2) is 41.3 Å². The summed E-state index contributed by atoms with van der Waals surface area (Å²) in [7, 11) is -3.96. The minimum absolute atomic E-state index is 0.148. The van der Waals surface area contributed by atoms with Crippen molar-refractivity contribution in [3.8, 4) is 5.75 Å². The standard InChI is InChI=1S/C20H24O5S/c1-5-6-11-24-20(21)17-7-9-18(10-8-17)25-26(22,23)19-15(3)12-14(2)13-16(19)4/h7-10,12-13H,5-6,11H2,1-4H3. The lowest BCUT2D eigenvalue weighted by Crippen LogP contribution is -2.13. The van der Waals surface area contributed by atoms with E-state index in [1.165, 1.54) is 24.3 Å². The van der Waals surface area contributed by atoms with Crippen LogP contribution in [0, 0.1) is 20.8 Å². The third kappa shape index (κ3) is 4.85. The Morgan fingerprint density at radius 2 is 1.58 bits per heavy atom. The van der Waals surface area contributed by atoms with Crippen molar-refractivity contribution in [3.05, 3.63) is 58.7 Å². The number of rotatable bonds is 7. The molecule has 0 saturated carbocycles. The molecule has 0 aliphatic rings. The van der Waals surface area contributed by atoms with E-state index in [1.807, 2.05) is 13.8 Å². The molecule has 26 heavy (non-hydrogen) atoms. The largest absolute Gasteiger partial charge is 0.462 e. The summed E-state index contributed by atoms with van der Waals surface area (Å²) in [5.74, 6) is -0.285. The van der Waals surface area contributed by atoms with Crippen molar-refractivity contribution in [2.45, 2.75) is 45.4 Å². The first-order valence-corrected chi connectivity index (χ1v) is 9.95. The first-order chi connectivity index (χ1) is 12.2. The lowest BCUT2D eigenvalue weighted by atomic mass is 10.1. The highest BCUT2D eigenvalue weighted by atomic mass is 32.2. The van der Waals surface area contributed by atoms with E-state index in [0.29, 0.717) is 23.3 Å². The van der Waals surface area contributed by atoms with E-state index < -0.39 is 16.1 Å². The van der Waals surface area contributed by atoms with Crippen LogP contribution in [0.25, 0.3) is 0 Å². The van der Waals surface area contributed by atoms with Crippen molar-refractivity contribution in [1.82, 2.24) is 0 Å². The van der Waals surface area contributed by atoms with E-state index in [0.717, 1.165) is 18.4 Å². The van der Waals surface area contributed by atoms with Crippen molar-refractivity contribution in [2.75, 3.05) is 6.61 Å². The van der Waals surface area contributed by atoms with Crippen LogP contribution in [0.2, 0.25) is 0 Å². The zero-order chi connectivity index (χ0) is 19.3. The second kappa shape index (κ2) is 8.36. The average Bonchev–Trinajstić information content (AvgIpc) is 2.54. The molecule has 0 aromatic heterocycles. The zero-order valence-corrected chi connectivity index (χ0v) is 16.4. The van der Waals surface area contributed by atoms with Gasteiger partial charge >= 0.3 is 16.1 Å². The lowest BCUT2D eigenvalue weighted by molar-refractivity contribution is 0.0499. The fourth-order valence-corrected chi connectivity index (χ4v) is 4.12. The highest BCUT2D eigenvalue weighted by Gasteiger charge is 2.22. The molecule has 2 aromatic rings. The Kier molecular flexibility index (Phi) is 6.42. The molecule has 0 heterocycles. The molecule has 0 fully saturated rings. The Bertz CT molecular complexity index is 860. The van der Waals surface area contributed by atoms with Crippen LogP contribution >= 0.6 is 0 Å². The van der Waals surface area contributed by atoms with Gasteiger partial charge in [-0.15, -0.1) is 0 Å². The van der Waals surface area contributed by atoms with Crippen molar-refractivity contribution in [1.29, 1.82) is 0 Å². The molecule has 0 spiro atoms. The van der Waals surface area contributed by atoms with Crippen LogP contribution in [0.1, 0.15) is 46.8 Å². The number of carbonyl (C=O) groups excluding carboxylic acids is 1. The normalized spacial score (nSPS) is 11.2. The SMILES string of the molecule is CCCCOC(=O)c1ccc(OS(=O)(=O)c2c(C)cc(C)cc2C)cc1. The fraction of sp³-hybridized carbons (Fsp3) is 0.350. The van der Waals surface area contributed by atoms with Gasteiger partial charge in [-0.25, -0.2) is 4.79 Å². The van der Waals surface area contributed by atoms with Gasteiger partial charge in [-0.1, -0.05) is 31.0 Å². The lowest BCUT2D eigenvalue weighted by Gasteiger charge is -2.13. The summed E-state index contributed by atoms with van der Waals surface area (Å²) in [5.41, 5.74) is 2.62. The maximum Gasteiger partial charge on any atom is 0.339 e. The molecule has 5 nitrogen and oxygen atoms in total. The maximum atomic E-state index is 12.6. The molecule has 2 aromatic carbocycles. The summed E-state index contributed by atoms with van der Waals surface area (Å²) in [6, 6.07) is 9.50. The number of ether oxygens (including phenoxy) is 1. The summed E-state index contributed by atoms with van der Waals surface area (Å²) in [4.78, 5) is 12.0. The maximum absolute atomic E-state index is 12.6. The van der Waals surface area contributed by atoms with Crippen molar-refractivity contribution in [2.24, 2.45) is 0 Å². The van der Waals surface area contributed by atoms with Crippen molar-refractivity contribution >= 4 is 16.1 Å². The van der Waals surface area contributed by atoms with E-state index >= 15 is 0 Å². The second-order valence-electron chi connectivity index (χ2n) is 6.28. The van der Waals surface area contributed by atoms with E-state index in [-0.39, 0.29) is 10.6 Å². The molecule has 2 rings (SSSR count). The molecule has 0 atom stereocenters. The molecule has 0 aliphatic heterocycles. The molecule has 6 heteroatoms. The number of unbranched alkanes of at least 4 members (excludes halogenated alkanes) is 1. The van der Waals surface area contributed by atoms with Gasteiger partial charge in [0.05, 0.1) is 12.2 Å². The smallest absolute Gasteiger partial charge is 0.339 e. The van der Waals surface area contributed by atoms with Gasteiger partial charge in [0.15, 0.2) is 0 Å². The van der Waals surface area contributed by atoms with Gasteiger partial charge in [-0.2, -0.15) is 8.42 Å². The number of esters is 1. The summed E-state index contributed by atoms with van der Waals surface area (Å²) in [6.07, 6.45) is 1.75. The van der Waals surface area contributed by atoms with Gasteiger partial charge in [-0.3, -0.25) is 0 Å². The van der Waals surface area contributed by atoms with Gasteiger partial charge < -0.3 is 8.92 Å². The highest BCUT2D eigenvalue weighted by molar-refractivity contribution is 7.87.